The third kappa shape index (κ3) is 3.43. The number of piperidine rings is 1. The highest BCUT2D eigenvalue weighted by Gasteiger charge is 2.24. The molecule has 2 aromatic rings. The summed E-state index contributed by atoms with van der Waals surface area (Å²) in [6.45, 7) is 1.59. The van der Waals surface area contributed by atoms with E-state index in [0.29, 0.717) is 43.6 Å². The average molecular weight is 347 g/mol. The summed E-state index contributed by atoms with van der Waals surface area (Å²) < 4.78 is 0. The van der Waals surface area contributed by atoms with Gasteiger partial charge in [0.2, 0.25) is 5.91 Å². The van der Waals surface area contributed by atoms with Gasteiger partial charge in [-0.25, -0.2) is 0 Å². The smallest absolute Gasteiger partial charge is 0.314 e. The summed E-state index contributed by atoms with van der Waals surface area (Å²) in [4.78, 5) is 51.8. The quantitative estimate of drug-likeness (QED) is 0.396. The van der Waals surface area contributed by atoms with Gasteiger partial charge in [0, 0.05) is 24.6 Å². The summed E-state index contributed by atoms with van der Waals surface area (Å²) in [6.07, 6.45) is 1.24. The summed E-state index contributed by atoms with van der Waals surface area (Å²) >= 11 is 0. The Balaban J connectivity index is 1.96. The number of nitro benzene ring substituents is 1. The molecular formula is C15H17N5O5. The lowest BCUT2D eigenvalue weighted by atomic mass is 9.96. The maximum Gasteiger partial charge on any atom is 0.314 e. The largest absolute Gasteiger partial charge is 0.369 e. The number of hydrogen-bond donors (Lipinski definition) is 3. The second-order valence-corrected chi connectivity index (χ2v) is 6.15. The van der Waals surface area contributed by atoms with Crippen LogP contribution < -0.4 is 16.9 Å². The molecule has 1 fully saturated rings. The Morgan fingerprint density at radius 2 is 1.88 bits per heavy atom. The first-order valence-corrected chi connectivity index (χ1v) is 7.80. The van der Waals surface area contributed by atoms with Gasteiger partial charge >= 0.3 is 11.1 Å². The van der Waals surface area contributed by atoms with Crippen LogP contribution in [-0.4, -0.2) is 38.8 Å². The number of benzene rings is 1. The van der Waals surface area contributed by atoms with Gasteiger partial charge in [-0.15, -0.1) is 0 Å². The minimum Gasteiger partial charge on any atom is -0.369 e. The number of aromatic nitrogens is 2. The number of amides is 1. The van der Waals surface area contributed by atoms with Crippen LogP contribution in [0.25, 0.3) is 11.0 Å². The predicted molar refractivity (Wildman–Crippen MR) is 89.0 cm³/mol. The van der Waals surface area contributed by atoms with Gasteiger partial charge in [0.05, 0.1) is 16.0 Å². The van der Waals surface area contributed by atoms with Crippen molar-refractivity contribution in [3.8, 4) is 0 Å². The fraction of sp³-hybridized carbons (Fsp3) is 0.400. The van der Waals surface area contributed by atoms with Crippen molar-refractivity contribution in [1.82, 2.24) is 14.9 Å². The van der Waals surface area contributed by atoms with Crippen molar-refractivity contribution in [1.29, 1.82) is 0 Å². The normalized spacial score (nSPS) is 16.2. The highest BCUT2D eigenvalue weighted by Crippen LogP contribution is 2.25. The van der Waals surface area contributed by atoms with Crippen LogP contribution in [0, 0.1) is 16.0 Å². The van der Waals surface area contributed by atoms with Gasteiger partial charge in [0.1, 0.15) is 0 Å². The molecule has 1 aromatic carbocycles. The van der Waals surface area contributed by atoms with Gasteiger partial charge in [-0.2, -0.15) is 0 Å². The molecule has 1 amide bonds. The van der Waals surface area contributed by atoms with Gasteiger partial charge in [0.15, 0.2) is 0 Å². The minimum absolute atomic E-state index is 0.158. The van der Waals surface area contributed by atoms with E-state index in [9.17, 15) is 24.5 Å². The molecule has 0 bridgehead atoms. The van der Waals surface area contributed by atoms with Crippen molar-refractivity contribution in [2.45, 2.75) is 19.4 Å². The molecule has 1 aliphatic rings. The van der Waals surface area contributed by atoms with E-state index in [1.165, 1.54) is 12.1 Å². The molecule has 10 nitrogen and oxygen atoms in total. The average Bonchev–Trinajstić information content (AvgIpc) is 2.56. The number of fused-ring (bicyclic) bond motifs is 1. The Kier molecular flexibility index (Phi) is 4.36. The zero-order chi connectivity index (χ0) is 18.1. The molecule has 25 heavy (non-hydrogen) atoms. The number of aromatic amines is 2. The first kappa shape index (κ1) is 16.8. The molecule has 0 atom stereocenters. The van der Waals surface area contributed by atoms with E-state index in [4.69, 9.17) is 5.73 Å². The van der Waals surface area contributed by atoms with Gasteiger partial charge in [-0.05, 0) is 31.5 Å². The molecule has 3 rings (SSSR count). The lowest BCUT2D eigenvalue weighted by Crippen LogP contribution is -2.38. The molecule has 4 N–H and O–H groups in total. The van der Waals surface area contributed by atoms with Crippen LogP contribution in [0.5, 0.6) is 0 Å². The van der Waals surface area contributed by atoms with E-state index in [1.54, 1.807) is 0 Å². The third-order valence-electron chi connectivity index (χ3n) is 4.49. The summed E-state index contributed by atoms with van der Waals surface area (Å²) in [7, 11) is 0. The van der Waals surface area contributed by atoms with Gasteiger partial charge in [0.25, 0.3) is 5.69 Å². The Bertz CT molecular complexity index is 955. The maximum atomic E-state index is 11.6. The van der Waals surface area contributed by atoms with Crippen molar-refractivity contribution in [3.63, 3.8) is 0 Å². The Hall–Kier alpha value is -3.01. The third-order valence-corrected chi connectivity index (χ3v) is 4.49. The summed E-state index contributed by atoms with van der Waals surface area (Å²) in [5.41, 5.74) is 4.59. The van der Waals surface area contributed by atoms with Crippen molar-refractivity contribution in [2.75, 3.05) is 13.1 Å². The molecule has 132 valence electrons. The van der Waals surface area contributed by atoms with E-state index in [-0.39, 0.29) is 23.0 Å². The Morgan fingerprint density at radius 1 is 1.24 bits per heavy atom. The molecule has 1 aromatic heterocycles. The minimum atomic E-state index is -0.860. The first-order valence-electron chi connectivity index (χ1n) is 7.80. The lowest BCUT2D eigenvalue weighted by Gasteiger charge is -2.30. The lowest BCUT2D eigenvalue weighted by molar-refractivity contribution is -0.384. The monoisotopic (exact) mass is 347 g/mol. The van der Waals surface area contributed by atoms with E-state index in [1.807, 2.05) is 4.90 Å². The van der Waals surface area contributed by atoms with E-state index < -0.39 is 16.0 Å². The summed E-state index contributed by atoms with van der Waals surface area (Å²) in [6, 6.07) is 2.60. The standard InChI is InChI=1S/C15H17N5O5/c16-13(21)8-1-3-19(4-2-8)7-9-5-10(20(24)25)6-11-12(9)18-15(23)14(22)17-11/h5-6,8H,1-4,7H2,(H2,16,21)(H,17,22)(H,18,23). The topological polar surface area (TPSA) is 155 Å². The fourth-order valence-electron chi connectivity index (χ4n) is 3.13. The van der Waals surface area contributed by atoms with Gasteiger partial charge < -0.3 is 15.7 Å². The molecule has 0 saturated carbocycles. The van der Waals surface area contributed by atoms with E-state index in [0.717, 1.165) is 0 Å². The number of carbonyl (C=O) groups is 1. The predicted octanol–water partition coefficient (Wildman–Crippen LogP) is -0.178. The number of carbonyl (C=O) groups excluding carboxylic acids is 1. The number of likely N-dealkylation sites (tertiary alicyclic amines) is 1. The van der Waals surface area contributed by atoms with Crippen molar-refractivity contribution >= 4 is 22.6 Å². The van der Waals surface area contributed by atoms with Crippen LogP contribution in [0.2, 0.25) is 0 Å². The second kappa shape index (κ2) is 6.48. The highest BCUT2D eigenvalue weighted by atomic mass is 16.6. The van der Waals surface area contributed by atoms with Crippen LogP contribution >= 0.6 is 0 Å². The SMILES string of the molecule is NC(=O)C1CCN(Cc2cc([N+](=O)[O-])cc3[nH]c(=O)c(=O)[nH]c23)CC1. The van der Waals surface area contributed by atoms with Crippen LogP contribution in [0.3, 0.4) is 0 Å². The molecule has 1 aliphatic heterocycles. The van der Waals surface area contributed by atoms with Crippen molar-refractivity contribution in [2.24, 2.45) is 11.7 Å². The first-order chi connectivity index (χ1) is 11.8. The highest BCUT2D eigenvalue weighted by molar-refractivity contribution is 5.80. The van der Waals surface area contributed by atoms with Crippen LogP contribution in [-0.2, 0) is 11.3 Å². The molecule has 0 unspecified atom stereocenters. The van der Waals surface area contributed by atoms with Crippen LogP contribution in [0.4, 0.5) is 5.69 Å². The Morgan fingerprint density at radius 3 is 2.48 bits per heavy atom. The molecule has 2 heterocycles. The molecule has 0 spiro atoms. The maximum absolute atomic E-state index is 11.6. The number of nitrogens with two attached hydrogens (primary N) is 1. The van der Waals surface area contributed by atoms with Crippen molar-refractivity contribution in [3.05, 3.63) is 48.5 Å². The number of nitro groups is 1. The van der Waals surface area contributed by atoms with Crippen molar-refractivity contribution < 1.29 is 9.72 Å². The van der Waals surface area contributed by atoms with E-state index in [2.05, 4.69) is 9.97 Å². The second-order valence-electron chi connectivity index (χ2n) is 6.15. The molecule has 0 radical (unpaired) electrons. The Labute approximate surface area is 140 Å². The summed E-state index contributed by atoms with van der Waals surface area (Å²) in [5, 5.41) is 11.1. The molecule has 10 heteroatoms. The number of nitrogens with one attached hydrogen (secondary N) is 2. The number of hydrogen-bond acceptors (Lipinski definition) is 6. The van der Waals surface area contributed by atoms with E-state index >= 15 is 0 Å². The van der Waals surface area contributed by atoms with Crippen LogP contribution in [0.1, 0.15) is 18.4 Å². The van der Waals surface area contributed by atoms with Gasteiger partial charge in [-0.3, -0.25) is 29.4 Å². The summed E-state index contributed by atoms with van der Waals surface area (Å²) in [5.74, 6) is -0.475. The van der Waals surface area contributed by atoms with Gasteiger partial charge in [-0.1, -0.05) is 0 Å². The number of nitrogens with zero attached hydrogens (tertiary/aromatic N) is 2. The zero-order valence-corrected chi connectivity index (χ0v) is 13.3. The molecule has 0 aliphatic carbocycles. The number of non-ortho nitro benzene ring substituents is 1. The molecular weight excluding hydrogens is 330 g/mol. The van der Waals surface area contributed by atoms with Crippen LogP contribution in [0.15, 0.2) is 21.7 Å². The number of rotatable bonds is 4. The number of H-pyrrole nitrogens is 2. The zero-order valence-electron chi connectivity index (χ0n) is 13.3. The fourth-order valence-corrected chi connectivity index (χ4v) is 3.13. The number of primary amides is 1. The molecule has 1 saturated heterocycles.